The number of rotatable bonds is 2. The van der Waals surface area contributed by atoms with Crippen molar-refractivity contribution in [3.8, 4) is 0 Å². The van der Waals surface area contributed by atoms with Gasteiger partial charge in [-0.1, -0.05) is 0 Å². The standard InChI is InChI=1S/C10H15N3OS/c1-7-5-8(2)13-10(12-7)15(14)9-3-4-11-6-9/h5,9,11H,3-4,6H2,1-2H3/t9-,15-/m1/s1. The lowest BCUT2D eigenvalue weighted by molar-refractivity contribution is 0.662. The fourth-order valence-corrected chi connectivity index (χ4v) is 3.11. The van der Waals surface area contributed by atoms with E-state index in [0.717, 1.165) is 30.9 Å². The van der Waals surface area contributed by atoms with Crippen LogP contribution in [0, 0.1) is 13.8 Å². The van der Waals surface area contributed by atoms with Crippen molar-refractivity contribution in [2.45, 2.75) is 30.7 Å². The van der Waals surface area contributed by atoms with Crippen LogP contribution in [-0.2, 0) is 10.8 Å². The minimum Gasteiger partial charge on any atom is -0.315 e. The van der Waals surface area contributed by atoms with E-state index in [1.165, 1.54) is 0 Å². The zero-order chi connectivity index (χ0) is 10.8. The summed E-state index contributed by atoms with van der Waals surface area (Å²) in [5, 5.41) is 3.86. The van der Waals surface area contributed by atoms with Gasteiger partial charge in [-0.15, -0.1) is 0 Å². The minimum absolute atomic E-state index is 0.172. The molecule has 1 N–H and O–H groups in total. The second-order valence-corrected chi connectivity index (χ2v) is 5.47. The highest BCUT2D eigenvalue weighted by atomic mass is 32.2. The lowest BCUT2D eigenvalue weighted by atomic mass is 10.4. The maximum absolute atomic E-state index is 12.1. The summed E-state index contributed by atoms with van der Waals surface area (Å²) in [6.07, 6.45) is 0.947. The monoisotopic (exact) mass is 225 g/mol. The van der Waals surface area contributed by atoms with Crippen molar-refractivity contribution in [3.63, 3.8) is 0 Å². The predicted octanol–water partition coefficient (Wildman–Crippen LogP) is 0.563. The van der Waals surface area contributed by atoms with E-state index in [4.69, 9.17) is 0 Å². The Hall–Kier alpha value is -0.810. The molecule has 2 heterocycles. The van der Waals surface area contributed by atoms with Crippen LogP contribution in [0.15, 0.2) is 11.2 Å². The normalized spacial score (nSPS) is 22.9. The first kappa shape index (κ1) is 10.7. The summed E-state index contributed by atoms with van der Waals surface area (Å²) in [4.78, 5) is 8.48. The van der Waals surface area contributed by atoms with Gasteiger partial charge in [0.2, 0.25) is 5.16 Å². The molecule has 0 spiro atoms. The third kappa shape index (κ3) is 2.41. The summed E-state index contributed by atoms with van der Waals surface area (Å²) in [6, 6.07) is 1.90. The molecule has 1 aromatic rings. The number of hydrogen-bond donors (Lipinski definition) is 1. The molecule has 1 fully saturated rings. The fraction of sp³-hybridized carbons (Fsp3) is 0.600. The summed E-state index contributed by atoms with van der Waals surface area (Å²) in [6.45, 7) is 5.56. The Labute approximate surface area is 92.0 Å². The van der Waals surface area contributed by atoms with Gasteiger partial charge in [0.05, 0.1) is 16.0 Å². The maximum atomic E-state index is 12.1. The van der Waals surface area contributed by atoms with Gasteiger partial charge < -0.3 is 5.32 Å². The van der Waals surface area contributed by atoms with Crippen molar-refractivity contribution in [1.29, 1.82) is 0 Å². The molecule has 0 saturated carbocycles. The number of nitrogens with one attached hydrogen (secondary N) is 1. The Morgan fingerprint density at radius 2 is 2.07 bits per heavy atom. The van der Waals surface area contributed by atoms with Crippen LogP contribution in [0.5, 0.6) is 0 Å². The van der Waals surface area contributed by atoms with Gasteiger partial charge in [0.1, 0.15) is 0 Å². The number of hydrogen-bond acceptors (Lipinski definition) is 4. The van der Waals surface area contributed by atoms with Crippen molar-refractivity contribution in [1.82, 2.24) is 15.3 Å². The molecule has 0 bridgehead atoms. The Balaban J connectivity index is 2.24. The maximum Gasteiger partial charge on any atom is 0.219 e. The van der Waals surface area contributed by atoms with Gasteiger partial charge in [-0.3, -0.25) is 4.21 Å². The van der Waals surface area contributed by atoms with E-state index in [0.29, 0.717) is 5.16 Å². The molecule has 0 aliphatic carbocycles. The smallest absolute Gasteiger partial charge is 0.219 e. The lowest BCUT2D eigenvalue weighted by Crippen LogP contribution is -2.20. The molecule has 1 aromatic heterocycles. The van der Waals surface area contributed by atoms with Crippen LogP contribution in [0.25, 0.3) is 0 Å². The topological polar surface area (TPSA) is 54.9 Å². The van der Waals surface area contributed by atoms with Crippen molar-refractivity contribution in [3.05, 3.63) is 17.5 Å². The van der Waals surface area contributed by atoms with Crippen molar-refractivity contribution in [2.75, 3.05) is 13.1 Å². The van der Waals surface area contributed by atoms with E-state index in [1.54, 1.807) is 0 Å². The molecular formula is C10H15N3OS. The van der Waals surface area contributed by atoms with Crippen LogP contribution in [0.2, 0.25) is 0 Å². The van der Waals surface area contributed by atoms with Gasteiger partial charge in [-0.05, 0) is 32.9 Å². The summed E-state index contributed by atoms with van der Waals surface area (Å²) in [5.74, 6) is 0. The summed E-state index contributed by atoms with van der Waals surface area (Å²) in [5.41, 5.74) is 1.77. The van der Waals surface area contributed by atoms with Gasteiger partial charge in [-0.25, -0.2) is 9.97 Å². The molecule has 4 nitrogen and oxygen atoms in total. The number of aryl methyl sites for hydroxylation is 2. The lowest BCUT2D eigenvalue weighted by Gasteiger charge is -2.07. The highest BCUT2D eigenvalue weighted by molar-refractivity contribution is 7.85. The fourth-order valence-electron chi connectivity index (χ4n) is 1.74. The predicted molar refractivity (Wildman–Crippen MR) is 59.2 cm³/mol. The van der Waals surface area contributed by atoms with Crippen LogP contribution in [0.4, 0.5) is 0 Å². The van der Waals surface area contributed by atoms with Crippen LogP contribution >= 0.6 is 0 Å². The largest absolute Gasteiger partial charge is 0.315 e. The van der Waals surface area contributed by atoms with Gasteiger partial charge in [-0.2, -0.15) is 0 Å². The second kappa shape index (κ2) is 4.37. The number of nitrogens with zero attached hydrogens (tertiary/aromatic N) is 2. The first-order valence-corrected chi connectivity index (χ1v) is 6.31. The molecule has 1 saturated heterocycles. The van der Waals surface area contributed by atoms with Crippen molar-refractivity contribution >= 4 is 10.8 Å². The van der Waals surface area contributed by atoms with E-state index >= 15 is 0 Å². The van der Waals surface area contributed by atoms with E-state index in [9.17, 15) is 4.21 Å². The molecule has 0 aromatic carbocycles. The highest BCUT2D eigenvalue weighted by Gasteiger charge is 2.24. The van der Waals surface area contributed by atoms with E-state index in [-0.39, 0.29) is 5.25 Å². The van der Waals surface area contributed by atoms with Crippen molar-refractivity contribution < 1.29 is 4.21 Å². The summed E-state index contributed by atoms with van der Waals surface area (Å²) >= 11 is 0. The molecule has 0 radical (unpaired) electrons. The van der Waals surface area contributed by atoms with Gasteiger partial charge in [0, 0.05) is 17.9 Å². The molecule has 1 aliphatic heterocycles. The molecule has 1 aliphatic rings. The Kier molecular flexibility index (Phi) is 3.11. The molecule has 2 atom stereocenters. The van der Waals surface area contributed by atoms with E-state index in [2.05, 4.69) is 15.3 Å². The third-order valence-corrected chi connectivity index (χ3v) is 4.01. The van der Waals surface area contributed by atoms with Gasteiger partial charge in [0.15, 0.2) is 0 Å². The molecule has 15 heavy (non-hydrogen) atoms. The van der Waals surface area contributed by atoms with Crippen LogP contribution < -0.4 is 5.32 Å². The van der Waals surface area contributed by atoms with E-state index in [1.807, 2.05) is 19.9 Å². The van der Waals surface area contributed by atoms with Crippen LogP contribution in [0.1, 0.15) is 17.8 Å². The van der Waals surface area contributed by atoms with Gasteiger partial charge in [0.25, 0.3) is 0 Å². The van der Waals surface area contributed by atoms with Gasteiger partial charge >= 0.3 is 0 Å². The Morgan fingerprint density at radius 3 is 2.60 bits per heavy atom. The Bertz CT molecular complexity index is 368. The van der Waals surface area contributed by atoms with Crippen LogP contribution in [-0.4, -0.2) is 32.5 Å². The third-order valence-electron chi connectivity index (χ3n) is 2.46. The van der Waals surface area contributed by atoms with Crippen LogP contribution in [0.3, 0.4) is 0 Å². The second-order valence-electron chi connectivity index (χ2n) is 3.85. The van der Waals surface area contributed by atoms with Crippen molar-refractivity contribution in [2.24, 2.45) is 0 Å². The summed E-state index contributed by atoms with van der Waals surface area (Å²) in [7, 11) is -1.06. The molecule has 0 amide bonds. The zero-order valence-corrected chi connectivity index (χ0v) is 9.80. The van der Waals surface area contributed by atoms with E-state index < -0.39 is 10.8 Å². The zero-order valence-electron chi connectivity index (χ0n) is 8.99. The first-order valence-electron chi connectivity index (χ1n) is 5.10. The first-order chi connectivity index (χ1) is 7.16. The Morgan fingerprint density at radius 1 is 1.40 bits per heavy atom. The number of aromatic nitrogens is 2. The highest BCUT2D eigenvalue weighted by Crippen LogP contribution is 2.13. The molecule has 82 valence electrons. The summed E-state index contributed by atoms with van der Waals surface area (Å²) < 4.78 is 12.1. The quantitative estimate of drug-likeness (QED) is 0.747. The average molecular weight is 225 g/mol. The molecular weight excluding hydrogens is 210 g/mol. The SMILES string of the molecule is Cc1cc(C)nc([S@](=O)[C@@H]2CCNC2)n1. The average Bonchev–Trinajstić information content (AvgIpc) is 2.67. The molecule has 0 unspecified atom stereocenters. The molecule has 5 heteroatoms. The minimum atomic E-state index is -1.06. The molecule has 2 rings (SSSR count).